The minimum Gasteiger partial charge on any atom is -0.460 e. The first-order valence-corrected chi connectivity index (χ1v) is 9.17. The van der Waals surface area contributed by atoms with Crippen LogP contribution in [-0.4, -0.2) is 55.7 Å². The van der Waals surface area contributed by atoms with E-state index in [2.05, 4.69) is 10.2 Å². The number of hydrogen-bond donors (Lipinski definition) is 1. The average Bonchev–Trinajstić information content (AvgIpc) is 3.00. The third kappa shape index (κ3) is 4.02. The van der Waals surface area contributed by atoms with Gasteiger partial charge in [0.1, 0.15) is 16.9 Å². The Morgan fingerprint density at radius 1 is 1.15 bits per heavy atom. The molecule has 1 N–H and O–H groups in total. The van der Waals surface area contributed by atoms with Crippen LogP contribution in [0.25, 0.3) is 11.0 Å². The first kappa shape index (κ1) is 19.1. The van der Waals surface area contributed by atoms with Gasteiger partial charge in [-0.2, -0.15) is 0 Å². The van der Waals surface area contributed by atoms with Gasteiger partial charge in [-0.15, -0.1) is 0 Å². The van der Waals surface area contributed by atoms with Crippen LogP contribution in [0, 0.1) is 6.92 Å². The van der Waals surface area contributed by atoms with Crippen molar-refractivity contribution in [1.82, 2.24) is 10.2 Å². The van der Waals surface area contributed by atoms with Crippen molar-refractivity contribution in [3.8, 4) is 0 Å². The summed E-state index contributed by atoms with van der Waals surface area (Å²) in [6, 6.07) is 5.70. The van der Waals surface area contributed by atoms with Crippen molar-refractivity contribution in [3.05, 3.63) is 29.5 Å². The molecule has 0 atom stereocenters. The molecular formula is C20H27N3O4. The molecule has 1 aliphatic heterocycles. The van der Waals surface area contributed by atoms with E-state index in [9.17, 15) is 9.59 Å². The van der Waals surface area contributed by atoms with Gasteiger partial charge >= 0.3 is 6.09 Å². The Morgan fingerprint density at radius 2 is 1.81 bits per heavy atom. The molecule has 27 heavy (non-hydrogen) atoms. The van der Waals surface area contributed by atoms with Gasteiger partial charge in [0, 0.05) is 44.3 Å². The second-order valence-corrected chi connectivity index (χ2v) is 7.77. The van der Waals surface area contributed by atoms with Crippen LogP contribution in [-0.2, 0) is 4.74 Å². The second kappa shape index (κ2) is 7.13. The van der Waals surface area contributed by atoms with Crippen LogP contribution in [0.2, 0.25) is 0 Å². The van der Waals surface area contributed by atoms with Crippen molar-refractivity contribution in [2.45, 2.75) is 33.3 Å². The summed E-state index contributed by atoms with van der Waals surface area (Å²) < 4.78 is 11.3. The molecule has 1 aromatic heterocycles. The fraction of sp³-hybridized carbons (Fsp3) is 0.500. The van der Waals surface area contributed by atoms with Crippen LogP contribution < -0.4 is 10.2 Å². The Hall–Kier alpha value is -2.70. The number of nitrogens with one attached hydrogen (secondary N) is 1. The summed E-state index contributed by atoms with van der Waals surface area (Å²) in [6.07, 6.45) is -0.276. The molecular weight excluding hydrogens is 346 g/mol. The molecule has 0 bridgehead atoms. The van der Waals surface area contributed by atoms with E-state index >= 15 is 0 Å². The van der Waals surface area contributed by atoms with Crippen LogP contribution in [0.4, 0.5) is 10.5 Å². The van der Waals surface area contributed by atoms with E-state index in [0.717, 1.165) is 16.8 Å². The first-order valence-electron chi connectivity index (χ1n) is 9.17. The largest absolute Gasteiger partial charge is 0.460 e. The molecule has 1 aliphatic rings. The zero-order valence-corrected chi connectivity index (χ0v) is 16.6. The van der Waals surface area contributed by atoms with Crippen molar-refractivity contribution in [2.75, 3.05) is 38.1 Å². The summed E-state index contributed by atoms with van der Waals surface area (Å²) in [5, 5.41) is 3.56. The van der Waals surface area contributed by atoms with Crippen LogP contribution in [0.1, 0.15) is 36.9 Å². The molecule has 146 valence electrons. The van der Waals surface area contributed by atoms with Gasteiger partial charge in [-0.05, 0) is 45.9 Å². The highest BCUT2D eigenvalue weighted by atomic mass is 16.6. The van der Waals surface area contributed by atoms with Gasteiger partial charge < -0.3 is 24.3 Å². The standard InChI is InChI=1S/C20H27N3O4/c1-13-12-15-16(7-6-14(17(15)26-13)18(24)21-5)22-8-10-23(11-9-22)19(25)27-20(2,3)4/h6-7,12H,8-11H2,1-5H3,(H,21,24). The van der Waals surface area contributed by atoms with E-state index in [1.807, 2.05) is 39.8 Å². The number of hydrogen-bond acceptors (Lipinski definition) is 5. The molecule has 1 aromatic carbocycles. The van der Waals surface area contributed by atoms with Crippen molar-refractivity contribution in [1.29, 1.82) is 0 Å². The van der Waals surface area contributed by atoms with Crippen LogP contribution in [0.5, 0.6) is 0 Å². The topological polar surface area (TPSA) is 75.0 Å². The monoisotopic (exact) mass is 373 g/mol. The number of carbonyl (C=O) groups is 2. The fourth-order valence-corrected chi connectivity index (χ4v) is 3.28. The maximum Gasteiger partial charge on any atom is 0.410 e. The number of aryl methyl sites for hydroxylation is 1. The molecule has 1 saturated heterocycles. The van der Waals surface area contributed by atoms with E-state index in [4.69, 9.17) is 9.15 Å². The van der Waals surface area contributed by atoms with Gasteiger partial charge in [0.2, 0.25) is 0 Å². The number of nitrogens with zero attached hydrogens (tertiary/aromatic N) is 2. The van der Waals surface area contributed by atoms with E-state index < -0.39 is 5.60 Å². The normalized spacial score (nSPS) is 15.1. The SMILES string of the molecule is CNC(=O)c1ccc(N2CCN(C(=O)OC(C)(C)C)CC2)c2cc(C)oc12. The average molecular weight is 373 g/mol. The lowest BCUT2D eigenvalue weighted by Gasteiger charge is -2.37. The third-order valence-electron chi connectivity index (χ3n) is 4.53. The third-order valence-corrected chi connectivity index (χ3v) is 4.53. The molecule has 2 amide bonds. The molecule has 2 heterocycles. The van der Waals surface area contributed by atoms with Crippen molar-refractivity contribution in [3.63, 3.8) is 0 Å². The lowest BCUT2D eigenvalue weighted by Crippen LogP contribution is -2.50. The summed E-state index contributed by atoms with van der Waals surface area (Å²) in [4.78, 5) is 28.3. The van der Waals surface area contributed by atoms with Crippen molar-refractivity contribution < 1.29 is 18.7 Å². The number of furan rings is 1. The number of benzene rings is 1. The number of amides is 2. The molecule has 1 fully saturated rings. The summed E-state index contributed by atoms with van der Waals surface area (Å²) >= 11 is 0. The van der Waals surface area contributed by atoms with Gasteiger partial charge in [0.25, 0.3) is 5.91 Å². The van der Waals surface area contributed by atoms with E-state index in [1.165, 1.54) is 0 Å². The maximum atomic E-state index is 12.3. The molecule has 2 aromatic rings. The molecule has 3 rings (SSSR count). The maximum absolute atomic E-state index is 12.3. The van der Waals surface area contributed by atoms with Crippen molar-refractivity contribution in [2.24, 2.45) is 0 Å². The van der Waals surface area contributed by atoms with Crippen molar-refractivity contribution >= 4 is 28.7 Å². The van der Waals surface area contributed by atoms with Gasteiger partial charge in [-0.3, -0.25) is 4.79 Å². The molecule has 0 unspecified atom stereocenters. The zero-order chi connectivity index (χ0) is 19.8. The Morgan fingerprint density at radius 3 is 2.41 bits per heavy atom. The molecule has 0 radical (unpaired) electrons. The smallest absolute Gasteiger partial charge is 0.410 e. The molecule has 7 heteroatoms. The molecule has 0 saturated carbocycles. The first-order chi connectivity index (χ1) is 12.7. The van der Waals surface area contributed by atoms with Crippen LogP contribution in [0.3, 0.4) is 0 Å². The van der Waals surface area contributed by atoms with Crippen LogP contribution >= 0.6 is 0 Å². The summed E-state index contributed by atoms with van der Waals surface area (Å²) in [6.45, 7) is 10.0. The van der Waals surface area contributed by atoms with Gasteiger partial charge in [0.05, 0.1) is 5.56 Å². The molecule has 0 aliphatic carbocycles. The lowest BCUT2D eigenvalue weighted by atomic mass is 10.1. The van der Waals surface area contributed by atoms with Gasteiger partial charge in [-0.1, -0.05) is 0 Å². The predicted octanol–water partition coefficient (Wildman–Crippen LogP) is 3.16. The zero-order valence-electron chi connectivity index (χ0n) is 16.6. The molecule has 0 spiro atoms. The number of carbonyl (C=O) groups excluding carboxylic acids is 2. The summed E-state index contributed by atoms with van der Waals surface area (Å²) in [7, 11) is 1.60. The second-order valence-electron chi connectivity index (χ2n) is 7.77. The Kier molecular flexibility index (Phi) is 5.04. The fourth-order valence-electron chi connectivity index (χ4n) is 3.28. The van der Waals surface area contributed by atoms with Gasteiger partial charge in [-0.25, -0.2) is 4.79 Å². The minimum atomic E-state index is -0.496. The Labute approximate surface area is 159 Å². The van der Waals surface area contributed by atoms with E-state index in [-0.39, 0.29) is 12.0 Å². The predicted molar refractivity (Wildman–Crippen MR) is 104 cm³/mol. The number of piperazine rings is 1. The summed E-state index contributed by atoms with van der Waals surface area (Å²) in [5.41, 5.74) is 1.64. The highest BCUT2D eigenvalue weighted by molar-refractivity contribution is 6.08. The number of fused-ring (bicyclic) bond motifs is 1. The van der Waals surface area contributed by atoms with E-state index in [0.29, 0.717) is 37.3 Å². The molecule has 7 nitrogen and oxygen atoms in total. The van der Waals surface area contributed by atoms with Crippen LogP contribution in [0.15, 0.2) is 22.6 Å². The highest BCUT2D eigenvalue weighted by Gasteiger charge is 2.27. The minimum absolute atomic E-state index is 0.171. The lowest BCUT2D eigenvalue weighted by molar-refractivity contribution is 0.0240. The highest BCUT2D eigenvalue weighted by Crippen LogP contribution is 2.33. The number of anilines is 1. The van der Waals surface area contributed by atoms with Gasteiger partial charge in [0.15, 0.2) is 0 Å². The number of ether oxygens (including phenoxy) is 1. The van der Waals surface area contributed by atoms with E-state index in [1.54, 1.807) is 18.0 Å². The Balaban J connectivity index is 1.80. The summed E-state index contributed by atoms with van der Waals surface area (Å²) in [5.74, 6) is 0.589. The number of rotatable bonds is 2. The Bertz CT molecular complexity index is 858. The quantitative estimate of drug-likeness (QED) is 0.875.